The van der Waals surface area contributed by atoms with Crippen LogP contribution in [-0.2, 0) is 9.47 Å². The molecule has 2 fully saturated rings. The summed E-state index contributed by atoms with van der Waals surface area (Å²) in [6.45, 7) is 3.95. The Morgan fingerprint density at radius 3 is 2.79 bits per heavy atom. The van der Waals surface area contributed by atoms with Gasteiger partial charge in [0.05, 0.1) is 32.0 Å². The fraction of sp³-hybridized carbons (Fsp3) is 0.538. The van der Waals surface area contributed by atoms with E-state index in [4.69, 9.17) is 13.9 Å². The molecule has 11 heteroatoms. The van der Waals surface area contributed by atoms with Gasteiger partial charge in [0.15, 0.2) is 5.76 Å². The summed E-state index contributed by atoms with van der Waals surface area (Å²) in [5, 5.41) is 15.7. The molecule has 1 atom stereocenters. The van der Waals surface area contributed by atoms with Gasteiger partial charge in [0.2, 0.25) is 0 Å². The molecule has 0 bridgehead atoms. The van der Waals surface area contributed by atoms with Gasteiger partial charge >= 0.3 is 12.0 Å². The van der Waals surface area contributed by atoms with Gasteiger partial charge in [-0.15, -0.1) is 12.4 Å². The fourth-order valence-corrected chi connectivity index (χ4v) is 2.41. The first-order valence-corrected chi connectivity index (χ1v) is 7.18. The van der Waals surface area contributed by atoms with Crippen molar-refractivity contribution in [2.75, 3.05) is 39.4 Å². The first-order chi connectivity index (χ1) is 11.1. The quantitative estimate of drug-likeness (QED) is 0.439. The third-order valence-corrected chi connectivity index (χ3v) is 3.54. The van der Waals surface area contributed by atoms with Crippen molar-refractivity contribution >= 4 is 30.6 Å². The van der Waals surface area contributed by atoms with Crippen LogP contribution >= 0.6 is 12.4 Å². The van der Waals surface area contributed by atoms with E-state index in [0.29, 0.717) is 26.3 Å². The second kappa shape index (κ2) is 8.08. The van der Waals surface area contributed by atoms with Gasteiger partial charge in [-0.2, -0.15) is 10.1 Å². The summed E-state index contributed by atoms with van der Waals surface area (Å²) in [4.78, 5) is 23.8. The molecule has 3 heterocycles. The minimum Gasteiger partial charge on any atom is -0.441 e. The highest BCUT2D eigenvalue weighted by Crippen LogP contribution is 2.16. The molecule has 2 saturated heterocycles. The van der Waals surface area contributed by atoms with Crippen molar-refractivity contribution in [3.8, 4) is 0 Å². The monoisotopic (exact) mass is 360 g/mol. The molecule has 2 aliphatic rings. The maximum atomic E-state index is 11.8. The van der Waals surface area contributed by atoms with Gasteiger partial charge in [-0.05, 0) is 6.07 Å². The fourth-order valence-electron chi connectivity index (χ4n) is 2.41. The molecule has 132 valence electrons. The lowest BCUT2D eigenvalue weighted by molar-refractivity contribution is -0.402. The number of furan rings is 1. The molecule has 3 rings (SSSR count). The number of morpholine rings is 1. The van der Waals surface area contributed by atoms with E-state index in [1.807, 2.05) is 0 Å². The Hall–Kier alpha value is -2.17. The molecule has 0 spiro atoms. The van der Waals surface area contributed by atoms with Crippen molar-refractivity contribution in [2.45, 2.75) is 6.10 Å². The molecule has 2 aliphatic heterocycles. The Morgan fingerprint density at radius 2 is 2.12 bits per heavy atom. The smallest absolute Gasteiger partial charge is 0.433 e. The second-order valence-electron chi connectivity index (χ2n) is 5.18. The van der Waals surface area contributed by atoms with E-state index in [-0.39, 0.29) is 30.2 Å². The average Bonchev–Trinajstić information content (AvgIpc) is 3.13. The lowest BCUT2D eigenvalue weighted by Crippen LogP contribution is -2.41. The summed E-state index contributed by atoms with van der Waals surface area (Å²) in [5.74, 6) is -0.179. The lowest BCUT2D eigenvalue weighted by atomic mass is 10.3. The molecule has 0 aromatic carbocycles. The number of rotatable bonds is 5. The number of carbonyl (C=O) groups is 1. The predicted molar refractivity (Wildman–Crippen MR) is 84.4 cm³/mol. The molecule has 24 heavy (non-hydrogen) atoms. The van der Waals surface area contributed by atoms with E-state index in [1.165, 1.54) is 23.4 Å². The van der Waals surface area contributed by atoms with Crippen molar-refractivity contribution in [3.05, 3.63) is 28.0 Å². The Labute approximate surface area is 143 Å². The van der Waals surface area contributed by atoms with E-state index in [2.05, 4.69) is 10.0 Å². The van der Waals surface area contributed by atoms with Crippen LogP contribution in [0.5, 0.6) is 0 Å². The zero-order chi connectivity index (χ0) is 16.2. The minimum absolute atomic E-state index is 0. The summed E-state index contributed by atoms with van der Waals surface area (Å²) in [6.07, 6.45) is 0.454. The number of halogens is 1. The maximum Gasteiger partial charge on any atom is 0.433 e. The molecule has 1 aromatic heterocycles. The number of hydrogen-bond donors (Lipinski definition) is 0. The number of nitro groups is 1. The molecule has 1 amide bonds. The van der Waals surface area contributed by atoms with E-state index in [0.717, 1.165) is 13.1 Å². The standard InChI is InChI=1S/C13H16N4O6.ClH/c18-13-16(14-7-10-1-2-12(22-10)17(19)20)9-11(23-13)8-15-3-5-21-6-4-15;/h1-2,7,11H,3-6,8-9H2;1H/b14-7+;. The van der Waals surface area contributed by atoms with E-state index < -0.39 is 11.0 Å². The third kappa shape index (κ3) is 4.43. The molecular formula is C13H17ClN4O6. The van der Waals surface area contributed by atoms with Crippen molar-refractivity contribution in [1.29, 1.82) is 0 Å². The molecule has 0 aliphatic carbocycles. The van der Waals surface area contributed by atoms with Crippen molar-refractivity contribution in [3.63, 3.8) is 0 Å². The number of cyclic esters (lactones) is 1. The number of nitrogens with zero attached hydrogens (tertiary/aromatic N) is 4. The second-order valence-corrected chi connectivity index (χ2v) is 5.18. The van der Waals surface area contributed by atoms with Crippen molar-refractivity contribution < 1.29 is 23.6 Å². The molecule has 0 radical (unpaired) electrons. The number of hydrazone groups is 1. The van der Waals surface area contributed by atoms with Gasteiger partial charge in [0.1, 0.15) is 11.0 Å². The molecule has 1 aromatic rings. The first-order valence-electron chi connectivity index (χ1n) is 7.18. The molecule has 0 N–H and O–H groups in total. The minimum atomic E-state index is -0.639. The van der Waals surface area contributed by atoms with Gasteiger partial charge in [-0.25, -0.2) is 4.79 Å². The van der Waals surface area contributed by atoms with Crippen LogP contribution < -0.4 is 0 Å². The van der Waals surface area contributed by atoms with Crippen LogP contribution in [0.1, 0.15) is 5.76 Å². The maximum absolute atomic E-state index is 11.8. The first kappa shape index (κ1) is 18.2. The van der Waals surface area contributed by atoms with E-state index >= 15 is 0 Å². The van der Waals surface area contributed by atoms with Crippen LogP contribution in [0.3, 0.4) is 0 Å². The number of ether oxygens (including phenoxy) is 2. The Bertz CT molecular complexity index is 615. The Balaban J connectivity index is 0.00000208. The predicted octanol–water partition coefficient (Wildman–Crippen LogP) is 1.10. The number of hydrogen-bond acceptors (Lipinski definition) is 8. The van der Waals surface area contributed by atoms with Gasteiger partial charge in [0.25, 0.3) is 0 Å². The molecule has 1 unspecified atom stereocenters. The molecule has 0 saturated carbocycles. The van der Waals surface area contributed by atoms with Crippen LogP contribution in [0.2, 0.25) is 0 Å². The highest BCUT2D eigenvalue weighted by atomic mass is 35.5. The molecular weight excluding hydrogens is 344 g/mol. The summed E-state index contributed by atoms with van der Waals surface area (Å²) < 4.78 is 15.5. The van der Waals surface area contributed by atoms with Crippen molar-refractivity contribution in [1.82, 2.24) is 9.91 Å². The van der Waals surface area contributed by atoms with Crippen LogP contribution in [0.25, 0.3) is 0 Å². The SMILES string of the molecule is Cl.O=C1OC(CN2CCOCC2)CN1/N=C/c1ccc([N+](=O)[O-])o1. The summed E-state index contributed by atoms with van der Waals surface area (Å²) in [6, 6.07) is 2.64. The Morgan fingerprint density at radius 1 is 1.38 bits per heavy atom. The zero-order valence-electron chi connectivity index (χ0n) is 12.7. The van der Waals surface area contributed by atoms with Crippen LogP contribution in [0.4, 0.5) is 10.7 Å². The van der Waals surface area contributed by atoms with Gasteiger partial charge in [-0.1, -0.05) is 0 Å². The van der Waals surface area contributed by atoms with Crippen LogP contribution in [-0.4, -0.2) is 72.6 Å². The lowest BCUT2D eigenvalue weighted by Gasteiger charge is -2.27. The van der Waals surface area contributed by atoms with Gasteiger partial charge in [0, 0.05) is 19.6 Å². The van der Waals surface area contributed by atoms with Gasteiger partial charge in [-0.3, -0.25) is 15.0 Å². The normalized spacial score (nSPS) is 21.8. The largest absolute Gasteiger partial charge is 0.441 e. The summed E-state index contributed by atoms with van der Waals surface area (Å²) in [5.41, 5.74) is 0. The third-order valence-electron chi connectivity index (χ3n) is 3.54. The van der Waals surface area contributed by atoms with E-state index in [1.54, 1.807) is 0 Å². The van der Waals surface area contributed by atoms with Crippen LogP contribution in [0.15, 0.2) is 21.7 Å². The zero-order valence-corrected chi connectivity index (χ0v) is 13.5. The highest BCUT2D eigenvalue weighted by Gasteiger charge is 2.32. The van der Waals surface area contributed by atoms with Crippen LogP contribution in [0, 0.1) is 10.1 Å². The highest BCUT2D eigenvalue weighted by molar-refractivity contribution is 5.85. The average molecular weight is 361 g/mol. The topological polar surface area (TPSA) is 111 Å². The Kier molecular flexibility index (Phi) is 6.12. The molecule has 10 nitrogen and oxygen atoms in total. The number of amides is 1. The number of carbonyl (C=O) groups excluding carboxylic acids is 1. The summed E-state index contributed by atoms with van der Waals surface area (Å²) >= 11 is 0. The van der Waals surface area contributed by atoms with E-state index in [9.17, 15) is 14.9 Å². The van der Waals surface area contributed by atoms with Crippen molar-refractivity contribution in [2.24, 2.45) is 5.10 Å². The summed E-state index contributed by atoms with van der Waals surface area (Å²) in [7, 11) is 0. The van der Waals surface area contributed by atoms with Gasteiger partial charge < -0.3 is 13.9 Å².